The van der Waals surface area contributed by atoms with Crippen LogP contribution in [-0.2, 0) is 11.2 Å². The van der Waals surface area contributed by atoms with Crippen LogP contribution in [0.4, 0.5) is 0 Å². The van der Waals surface area contributed by atoms with E-state index in [2.05, 4.69) is 13.8 Å². The first-order valence-corrected chi connectivity index (χ1v) is 7.27. The number of hydrogen-bond acceptors (Lipinski definition) is 3. The zero-order chi connectivity index (χ0) is 14.8. The van der Waals surface area contributed by atoms with Crippen LogP contribution in [0.2, 0.25) is 0 Å². The molecule has 0 atom stereocenters. The third kappa shape index (κ3) is 5.95. The highest BCUT2D eigenvalue weighted by Gasteiger charge is 2.07. The molecule has 1 aromatic carbocycles. The number of carbonyl (C=O) groups is 1. The van der Waals surface area contributed by atoms with Gasteiger partial charge in [0.15, 0.2) is 0 Å². The van der Waals surface area contributed by atoms with E-state index in [4.69, 9.17) is 14.6 Å². The van der Waals surface area contributed by atoms with Gasteiger partial charge in [0.1, 0.15) is 11.5 Å². The van der Waals surface area contributed by atoms with Crippen LogP contribution in [0.15, 0.2) is 18.2 Å². The Bertz CT molecular complexity index is 415. The quantitative estimate of drug-likeness (QED) is 0.710. The Hall–Kier alpha value is -1.71. The molecule has 0 saturated heterocycles. The zero-order valence-electron chi connectivity index (χ0n) is 12.4. The first kappa shape index (κ1) is 16.3. The summed E-state index contributed by atoms with van der Waals surface area (Å²) in [5.74, 6) is 0.856. The largest absolute Gasteiger partial charge is 0.493 e. The summed E-state index contributed by atoms with van der Waals surface area (Å²) in [6, 6.07) is 5.80. The lowest BCUT2D eigenvalue weighted by Crippen LogP contribution is -2.02. The summed E-state index contributed by atoms with van der Waals surface area (Å²) in [6.07, 6.45) is 3.41. The van der Waals surface area contributed by atoms with Gasteiger partial charge in [0.2, 0.25) is 0 Å². The molecule has 0 heterocycles. The molecule has 0 aromatic heterocycles. The Morgan fingerprint density at radius 3 is 2.50 bits per heavy atom. The van der Waals surface area contributed by atoms with Gasteiger partial charge in [0, 0.05) is 12.5 Å². The second-order valence-corrected chi connectivity index (χ2v) is 4.71. The first-order valence-electron chi connectivity index (χ1n) is 7.27. The highest BCUT2D eigenvalue weighted by atomic mass is 16.5. The molecule has 20 heavy (non-hydrogen) atoms. The zero-order valence-corrected chi connectivity index (χ0v) is 12.4. The van der Waals surface area contributed by atoms with Gasteiger partial charge < -0.3 is 14.6 Å². The molecule has 0 spiro atoms. The lowest BCUT2D eigenvalue weighted by molar-refractivity contribution is -0.137. The van der Waals surface area contributed by atoms with Crippen molar-refractivity contribution in [3.63, 3.8) is 0 Å². The number of aliphatic carboxylic acids is 1. The van der Waals surface area contributed by atoms with Crippen LogP contribution in [0, 0.1) is 0 Å². The molecule has 0 aliphatic heterocycles. The minimum atomic E-state index is -0.760. The van der Waals surface area contributed by atoms with Crippen molar-refractivity contribution in [3.8, 4) is 11.5 Å². The number of carboxylic acids is 1. The van der Waals surface area contributed by atoms with E-state index in [1.54, 1.807) is 0 Å². The second-order valence-electron chi connectivity index (χ2n) is 4.71. The summed E-state index contributed by atoms with van der Waals surface area (Å²) in [4.78, 5) is 10.6. The van der Waals surface area contributed by atoms with Crippen LogP contribution >= 0.6 is 0 Å². The highest BCUT2D eigenvalue weighted by molar-refractivity contribution is 5.66. The Balaban J connectivity index is 2.71. The highest BCUT2D eigenvalue weighted by Crippen LogP contribution is 2.26. The topological polar surface area (TPSA) is 55.8 Å². The molecule has 0 saturated carbocycles. The minimum absolute atomic E-state index is 0.182. The third-order valence-electron chi connectivity index (χ3n) is 2.81. The van der Waals surface area contributed by atoms with Crippen LogP contribution < -0.4 is 9.47 Å². The van der Waals surface area contributed by atoms with Crippen molar-refractivity contribution in [2.75, 3.05) is 13.2 Å². The van der Waals surface area contributed by atoms with Gasteiger partial charge in [-0.3, -0.25) is 4.79 Å². The lowest BCUT2D eigenvalue weighted by Gasteiger charge is -2.13. The summed E-state index contributed by atoms with van der Waals surface area (Å²) in [7, 11) is 0. The van der Waals surface area contributed by atoms with Crippen molar-refractivity contribution in [2.45, 2.75) is 46.0 Å². The molecule has 1 aromatic rings. The van der Waals surface area contributed by atoms with Crippen LogP contribution in [0.3, 0.4) is 0 Å². The fraction of sp³-hybridized carbons (Fsp3) is 0.562. The molecule has 1 rings (SSSR count). The van der Waals surface area contributed by atoms with Gasteiger partial charge in [0.05, 0.1) is 13.2 Å². The van der Waals surface area contributed by atoms with Gasteiger partial charge in [0.25, 0.3) is 0 Å². The molecule has 0 bridgehead atoms. The van der Waals surface area contributed by atoms with Crippen molar-refractivity contribution in [2.24, 2.45) is 0 Å². The monoisotopic (exact) mass is 280 g/mol. The average Bonchev–Trinajstić information content (AvgIpc) is 2.44. The summed E-state index contributed by atoms with van der Waals surface area (Å²) in [5, 5.41) is 8.69. The van der Waals surface area contributed by atoms with Gasteiger partial charge in [-0.15, -0.1) is 0 Å². The molecule has 1 N–H and O–H groups in total. The molecule has 0 aliphatic carbocycles. The van der Waals surface area contributed by atoms with Gasteiger partial charge in [-0.2, -0.15) is 0 Å². The van der Waals surface area contributed by atoms with Gasteiger partial charge in [-0.05, 0) is 37.3 Å². The normalized spacial score (nSPS) is 10.3. The van der Waals surface area contributed by atoms with Crippen molar-refractivity contribution in [1.82, 2.24) is 0 Å². The third-order valence-corrected chi connectivity index (χ3v) is 2.81. The number of hydrogen-bond donors (Lipinski definition) is 1. The number of benzene rings is 1. The number of carboxylic acid groups (broad SMARTS) is 1. The maximum absolute atomic E-state index is 10.6. The van der Waals surface area contributed by atoms with E-state index in [1.165, 1.54) is 0 Å². The molecule has 0 aliphatic rings. The smallest absolute Gasteiger partial charge is 0.303 e. The van der Waals surface area contributed by atoms with E-state index in [0.717, 1.165) is 29.9 Å². The van der Waals surface area contributed by atoms with Gasteiger partial charge in [-0.1, -0.05) is 19.9 Å². The SMILES string of the molecule is CCCOc1ccc(CCCC(=O)O)c(OCCC)c1. The van der Waals surface area contributed by atoms with E-state index in [1.807, 2.05) is 18.2 Å². The van der Waals surface area contributed by atoms with Gasteiger partial charge >= 0.3 is 5.97 Å². The van der Waals surface area contributed by atoms with Crippen molar-refractivity contribution < 1.29 is 19.4 Å². The maximum Gasteiger partial charge on any atom is 0.303 e. The molecular formula is C16H24O4. The van der Waals surface area contributed by atoms with Crippen LogP contribution in [0.1, 0.15) is 45.1 Å². The molecule has 0 unspecified atom stereocenters. The fourth-order valence-electron chi connectivity index (χ4n) is 1.83. The molecule has 4 heteroatoms. The van der Waals surface area contributed by atoms with Crippen LogP contribution in [-0.4, -0.2) is 24.3 Å². The Kier molecular flexibility index (Phi) is 7.55. The summed E-state index contributed by atoms with van der Waals surface area (Å²) >= 11 is 0. The van der Waals surface area contributed by atoms with E-state index in [-0.39, 0.29) is 6.42 Å². The van der Waals surface area contributed by atoms with Crippen LogP contribution in [0.5, 0.6) is 11.5 Å². The van der Waals surface area contributed by atoms with Crippen molar-refractivity contribution >= 4 is 5.97 Å². The Morgan fingerprint density at radius 1 is 1.15 bits per heavy atom. The van der Waals surface area contributed by atoms with Crippen molar-refractivity contribution in [1.29, 1.82) is 0 Å². The Labute approximate surface area is 120 Å². The molecule has 4 nitrogen and oxygen atoms in total. The van der Waals surface area contributed by atoms with Crippen LogP contribution in [0.25, 0.3) is 0 Å². The summed E-state index contributed by atoms with van der Waals surface area (Å²) in [5.41, 5.74) is 1.04. The van der Waals surface area contributed by atoms with E-state index >= 15 is 0 Å². The first-order chi connectivity index (χ1) is 9.67. The summed E-state index contributed by atoms with van der Waals surface area (Å²) in [6.45, 7) is 5.46. The standard InChI is InChI=1S/C16H24O4/c1-3-10-19-14-9-8-13(6-5-7-16(17)18)15(12-14)20-11-4-2/h8-9,12H,3-7,10-11H2,1-2H3,(H,17,18). The molecule has 0 amide bonds. The second kappa shape index (κ2) is 9.23. The predicted molar refractivity (Wildman–Crippen MR) is 78.6 cm³/mol. The predicted octanol–water partition coefficient (Wildman–Crippen LogP) is 3.67. The molecule has 112 valence electrons. The van der Waals surface area contributed by atoms with Crippen molar-refractivity contribution in [3.05, 3.63) is 23.8 Å². The molecular weight excluding hydrogens is 256 g/mol. The lowest BCUT2D eigenvalue weighted by atomic mass is 10.1. The molecule has 0 radical (unpaired) electrons. The Morgan fingerprint density at radius 2 is 1.85 bits per heavy atom. The average molecular weight is 280 g/mol. The number of aryl methyl sites for hydroxylation is 1. The number of rotatable bonds is 10. The fourth-order valence-corrected chi connectivity index (χ4v) is 1.83. The minimum Gasteiger partial charge on any atom is -0.493 e. The van der Waals surface area contributed by atoms with E-state index in [9.17, 15) is 4.79 Å². The molecule has 0 fully saturated rings. The number of ether oxygens (including phenoxy) is 2. The summed E-state index contributed by atoms with van der Waals surface area (Å²) < 4.78 is 11.3. The van der Waals surface area contributed by atoms with E-state index in [0.29, 0.717) is 26.1 Å². The van der Waals surface area contributed by atoms with Gasteiger partial charge in [-0.25, -0.2) is 0 Å². The van der Waals surface area contributed by atoms with E-state index < -0.39 is 5.97 Å². The maximum atomic E-state index is 10.6.